The van der Waals surface area contributed by atoms with Gasteiger partial charge >= 0.3 is 7.60 Å². The lowest BCUT2D eigenvalue weighted by Gasteiger charge is -2.27. The lowest BCUT2D eigenvalue weighted by Crippen LogP contribution is -2.09. The Hall–Kier alpha value is -1.52. The number of ether oxygens (including phenoxy) is 1. The van der Waals surface area contributed by atoms with Gasteiger partial charge in [0.1, 0.15) is 17.2 Å². The molecule has 5 nitrogen and oxygen atoms in total. The van der Waals surface area contributed by atoms with Crippen LogP contribution in [0.25, 0.3) is 0 Å². The minimum Gasteiger partial charge on any atom is -0.508 e. The molecule has 1 atom stereocenters. The molecule has 2 aromatic carbocycles. The molecule has 7 heteroatoms. The van der Waals surface area contributed by atoms with E-state index in [-0.39, 0.29) is 19.0 Å². The number of aromatic hydroxyl groups is 1. The van der Waals surface area contributed by atoms with Crippen LogP contribution in [0.4, 0.5) is 0 Å². The van der Waals surface area contributed by atoms with Crippen molar-refractivity contribution in [3.63, 3.8) is 0 Å². The highest BCUT2D eigenvalue weighted by Gasteiger charge is 2.39. The molecule has 2 rings (SSSR count). The molecule has 0 aliphatic rings. The normalized spacial score (nSPS) is 12.8. The molecule has 0 bridgehead atoms. The molecule has 0 radical (unpaired) electrons. The standard InChI is InChI=1S/C18H22ClO5P/c1-4-23-25(21,24-5-2)18(13-6-9-15(22-3)10-7-13)16-12-14(19)8-11-17(16)20/h6-12,18,20H,4-5H2,1-3H3. The third kappa shape index (κ3) is 4.56. The molecule has 1 unspecified atom stereocenters. The number of benzene rings is 2. The zero-order chi connectivity index (χ0) is 18.4. The van der Waals surface area contributed by atoms with Gasteiger partial charge in [0.05, 0.1) is 20.3 Å². The van der Waals surface area contributed by atoms with Gasteiger partial charge in [-0.3, -0.25) is 4.57 Å². The predicted octanol–water partition coefficient (Wildman–Crippen LogP) is 5.41. The van der Waals surface area contributed by atoms with Gasteiger partial charge in [0.15, 0.2) is 0 Å². The van der Waals surface area contributed by atoms with Gasteiger partial charge in [-0.05, 0) is 49.7 Å². The second-order valence-electron chi connectivity index (χ2n) is 5.25. The quantitative estimate of drug-likeness (QED) is 0.616. The van der Waals surface area contributed by atoms with Crippen LogP contribution in [-0.4, -0.2) is 25.4 Å². The third-order valence-corrected chi connectivity index (χ3v) is 6.33. The number of rotatable bonds is 8. The van der Waals surface area contributed by atoms with Crippen LogP contribution in [-0.2, 0) is 13.6 Å². The fourth-order valence-corrected chi connectivity index (χ4v) is 4.97. The number of hydrogen-bond donors (Lipinski definition) is 1. The molecule has 136 valence electrons. The van der Waals surface area contributed by atoms with Crippen LogP contribution in [0, 0.1) is 0 Å². The minimum atomic E-state index is -3.60. The van der Waals surface area contributed by atoms with Crippen molar-refractivity contribution in [1.29, 1.82) is 0 Å². The summed E-state index contributed by atoms with van der Waals surface area (Å²) in [5, 5.41) is 10.8. The van der Waals surface area contributed by atoms with Crippen molar-refractivity contribution in [2.24, 2.45) is 0 Å². The van der Waals surface area contributed by atoms with Gasteiger partial charge in [-0.15, -0.1) is 0 Å². The van der Waals surface area contributed by atoms with Crippen LogP contribution in [0.15, 0.2) is 42.5 Å². The van der Waals surface area contributed by atoms with Gasteiger partial charge in [0, 0.05) is 10.6 Å². The van der Waals surface area contributed by atoms with Gasteiger partial charge < -0.3 is 18.9 Å². The van der Waals surface area contributed by atoms with Crippen molar-refractivity contribution in [3.05, 3.63) is 58.6 Å². The van der Waals surface area contributed by atoms with Crippen molar-refractivity contribution >= 4 is 19.2 Å². The second-order valence-corrected chi connectivity index (χ2v) is 7.80. The zero-order valence-electron chi connectivity index (χ0n) is 14.4. The van der Waals surface area contributed by atoms with Crippen molar-refractivity contribution in [3.8, 4) is 11.5 Å². The molecule has 0 aliphatic carbocycles. The number of halogens is 1. The summed E-state index contributed by atoms with van der Waals surface area (Å²) in [7, 11) is -2.03. The lowest BCUT2D eigenvalue weighted by molar-refractivity contribution is 0.214. The Morgan fingerprint density at radius 2 is 1.68 bits per heavy atom. The Balaban J connectivity index is 2.64. The van der Waals surface area contributed by atoms with E-state index in [1.807, 2.05) is 0 Å². The molecular formula is C18H22ClO5P. The number of phenols is 1. The molecule has 0 fully saturated rings. The van der Waals surface area contributed by atoms with E-state index in [1.54, 1.807) is 57.4 Å². The van der Waals surface area contributed by atoms with Crippen LogP contribution < -0.4 is 4.74 Å². The number of phenolic OH excluding ortho intramolecular Hbond substituents is 1. The largest absolute Gasteiger partial charge is 0.508 e. The highest BCUT2D eigenvalue weighted by Crippen LogP contribution is 2.64. The van der Waals surface area contributed by atoms with E-state index in [9.17, 15) is 9.67 Å². The maximum atomic E-state index is 13.5. The zero-order valence-corrected chi connectivity index (χ0v) is 16.1. The van der Waals surface area contributed by atoms with Gasteiger partial charge in [-0.1, -0.05) is 23.7 Å². The van der Waals surface area contributed by atoms with Gasteiger partial charge in [-0.25, -0.2) is 0 Å². The second kappa shape index (κ2) is 8.72. The predicted molar refractivity (Wildman–Crippen MR) is 98.8 cm³/mol. The monoisotopic (exact) mass is 384 g/mol. The van der Waals surface area contributed by atoms with E-state index >= 15 is 0 Å². The van der Waals surface area contributed by atoms with E-state index in [1.165, 1.54) is 6.07 Å². The Morgan fingerprint density at radius 3 is 2.20 bits per heavy atom. The van der Waals surface area contributed by atoms with Crippen LogP contribution in [0.2, 0.25) is 5.02 Å². The van der Waals surface area contributed by atoms with Gasteiger partial charge in [0.2, 0.25) is 0 Å². The summed E-state index contributed by atoms with van der Waals surface area (Å²) in [6.45, 7) is 3.92. The smallest absolute Gasteiger partial charge is 0.342 e. The molecule has 0 spiro atoms. The molecule has 1 N–H and O–H groups in total. The summed E-state index contributed by atoms with van der Waals surface area (Å²) in [5.41, 5.74) is 0.253. The fourth-order valence-electron chi connectivity index (χ4n) is 2.61. The van der Waals surface area contributed by atoms with Crippen molar-refractivity contribution in [2.75, 3.05) is 20.3 Å². The summed E-state index contributed by atoms with van der Waals surface area (Å²) in [6.07, 6.45) is 0. The molecule has 2 aromatic rings. The fraction of sp³-hybridized carbons (Fsp3) is 0.333. The Labute approximate surface area is 153 Å². The SMILES string of the molecule is CCOP(=O)(OCC)C(c1ccc(OC)cc1)c1cc(Cl)ccc1O. The van der Waals surface area contributed by atoms with Crippen molar-refractivity contribution in [1.82, 2.24) is 0 Å². The number of hydrogen-bond acceptors (Lipinski definition) is 5. The van der Waals surface area contributed by atoms with Crippen LogP contribution in [0.3, 0.4) is 0 Å². The highest BCUT2D eigenvalue weighted by atomic mass is 35.5. The van der Waals surface area contributed by atoms with Crippen LogP contribution >= 0.6 is 19.2 Å². The van der Waals surface area contributed by atoms with Gasteiger partial charge in [-0.2, -0.15) is 0 Å². The molecule has 0 saturated carbocycles. The number of methoxy groups -OCH3 is 1. The first-order valence-corrected chi connectivity index (χ1v) is 9.95. The summed E-state index contributed by atoms with van der Waals surface area (Å²) in [6, 6.07) is 11.7. The minimum absolute atomic E-state index is 0.0233. The molecule has 0 heterocycles. The third-order valence-electron chi connectivity index (χ3n) is 3.65. The molecule has 0 aliphatic heterocycles. The summed E-state index contributed by atoms with van der Waals surface area (Å²) in [5.74, 6) is 0.644. The van der Waals surface area contributed by atoms with E-state index < -0.39 is 13.3 Å². The molecule has 0 amide bonds. The molecule has 0 aromatic heterocycles. The van der Waals surface area contributed by atoms with Crippen LogP contribution in [0.5, 0.6) is 11.5 Å². The average Bonchev–Trinajstić information content (AvgIpc) is 2.59. The first-order chi connectivity index (χ1) is 11.9. The average molecular weight is 385 g/mol. The van der Waals surface area contributed by atoms with E-state index in [0.717, 1.165) is 0 Å². The molecule has 0 saturated heterocycles. The topological polar surface area (TPSA) is 65.0 Å². The summed E-state index contributed by atoms with van der Waals surface area (Å²) in [4.78, 5) is 0. The Bertz CT molecular complexity index is 738. The summed E-state index contributed by atoms with van der Waals surface area (Å²) >= 11 is 6.10. The molecular weight excluding hydrogens is 363 g/mol. The maximum absolute atomic E-state index is 13.5. The van der Waals surface area contributed by atoms with E-state index in [4.69, 9.17) is 25.4 Å². The highest BCUT2D eigenvalue weighted by molar-refractivity contribution is 7.54. The first-order valence-electron chi connectivity index (χ1n) is 7.96. The van der Waals surface area contributed by atoms with Crippen molar-refractivity contribution < 1.29 is 23.5 Å². The van der Waals surface area contributed by atoms with Gasteiger partial charge in [0.25, 0.3) is 0 Å². The Kier molecular flexibility index (Phi) is 6.91. The maximum Gasteiger partial charge on any atom is 0.342 e. The first kappa shape index (κ1) is 19.8. The van der Waals surface area contributed by atoms with Crippen molar-refractivity contribution in [2.45, 2.75) is 19.5 Å². The van der Waals surface area contributed by atoms with E-state index in [2.05, 4.69) is 0 Å². The van der Waals surface area contributed by atoms with E-state index in [0.29, 0.717) is 21.9 Å². The Morgan fingerprint density at radius 1 is 1.08 bits per heavy atom. The van der Waals surface area contributed by atoms with Crippen LogP contribution in [0.1, 0.15) is 30.6 Å². The lowest BCUT2D eigenvalue weighted by atomic mass is 10.0. The molecule has 25 heavy (non-hydrogen) atoms. The summed E-state index contributed by atoms with van der Waals surface area (Å²) < 4.78 is 29.8.